The number of nitrogens with zero attached hydrogens (tertiary/aromatic N) is 4. The highest BCUT2D eigenvalue weighted by molar-refractivity contribution is 7.89. The van der Waals surface area contributed by atoms with Crippen molar-refractivity contribution in [3.63, 3.8) is 0 Å². The first-order chi connectivity index (χ1) is 13.1. The van der Waals surface area contributed by atoms with Crippen molar-refractivity contribution in [1.29, 1.82) is 0 Å². The van der Waals surface area contributed by atoms with Gasteiger partial charge in [-0.25, -0.2) is 13.4 Å². The number of aromatic nitrogens is 4. The zero-order valence-electron chi connectivity index (χ0n) is 14.4. The highest BCUT2D eigenvalue weighted by atomic mass is 32.2. The molecule has 0 spiro atoms. The summed E-state index contributed by atoms with van der Waals surface area (Å²) in [5.41, 5.74) is 4.52. The summed E-state index contributed by atoms with van der Waals surface area (Å²) in [5, 5.41) is 7.98. The summed E-state index contributed by atoms with van der Waals surface area (Å²) in [6, 6.07) is 7.17. The molecule has 0 aliphatic carbocycles. The Morgan fingerprint density at radius 3 is 2.81 bits per heavy atom. The van der Waals surface area contributed by atoms with Crippen LogP contribution in [-0.4, -0.2) is 46.0 Å². The topological polar surface area (TPSA) is 91.8 Å². The van der Waals surface area contributed by atoms with E-state index in [9.17, 15) is 8.42 Å². The van der Waals surface area contributed by atoms with E-state index in [1.807, 2.05) is 12.3 Å². The van der Waals surface area contributed by atoms with E-state index in [1.54, 1.807) is 34.2 Å². The number of sulfonamides is 1. The fourth-order valence-corrected chi connectivity index (χ4v) is 5.90. The molecule has 1 saturated heterocycles. The van der Waals surface area contributed by atoms with Gasteiger partial charge in [0.25, 0.3) is 0 Å². The van der Waals surface area contributed by atoms with Gasteiger partial charge in [-0.15, -0.1) is 11.3 Å². The van der Waals surface area contributed by atoms with Crippen molar-refractivity contribution in [1.82, 2.24) is 24.5 Å². The molecule has 4 aromatic rings. The number of hydrogen-bond acceptors (Lipinski definition) is 6. The monoisotopic (exact) mass is 399 g/mol. The van der Waals surface area contributed by atoms with Gasteiger partial charge in [0, 0.05) is 36.3 Å². The number of thiazole rings is 1. The number of piperidine rings is 1. The first-order valence-electron chi connectivity index (χ1n) is 8.74. The zero-order chi connectivity index (χ0) is 18.4. The highest BCUT2D eigenvalue weighted by Gasteiger charge is 2.30. The Balaban J connectivity index is 1.35. The van der Waals surface area contributed by atoms with Crippen LogP contribution in [0.15, 0.2) is 47.1 Å². The molecule has 27 heavy (non-hydrogen) atoms. The molecule has 0 radical (unpaired) electrons. The van der Waals surface area contributed by atoms with Crippen molar-refractivity contribution in [3.05, 3.63) is 47.9 Å². The Morgan fingerprint density at radius 2 is 1.96 bits per heavy atom. The van der Waals surface area contributed by atoms with Crippen molar-refractivity contribution in [3.8, 4) is 0 Å². The SMILES string of the molecule is O=S(=O)(c1ccc2ncsc2c1)N1CCC(c2cc3[nH]ncc3cn2)CC1. The molecule has 5 rings (SSSR count). The number of pyridine rings is 1. The number of rotatable bonds is 3. The van der Waals surface area contributed by atoms with Crippen molar-refractivity contribution in [2.75, 3.05) is 13.1 Å². The first kappa shape index (κ1) is 16.8. The standard InChI is InChI=1S/C18H17N5O2S2/c24-27(25,14-1-2-15-18(7-14)26-11-20-15)23-5-3-12(4-6-23)16-8-17-13(9-19-16)10-21-22-17/h1-2,7-12H,3-6H2,(H,21,22). The summed E-state index contributed by atoms with van der Waals surface area (Å²) in [6.45, 7) is 0.993. The Hall–Kier alpha value is -2.36. The highest BCUT2D eigenvalue weighted by Crippen LogP contribution is 2.31. The second kappa shape index (κ2) is 6.36. The van der Waals surface area contributed by atoms with Gasteiger partial charge in [0.2, 0.25) is 10.0 Å². The molecule has 0 amide bonds. The number of benzene rings is 1. The average Bonchev–Trinajstić information content (AvgIpc) is 3.35. The van der Waals surface area contributed by atoms with E-state index < -0.39 is 10.0 Å². The normalized spacial score (nSPS) is 17.0. The van der Waals surface area contributed by atoms with Gasteiger partial charge < -0.3 is 0 Å². The molecular weight excluding hydrogens is 382 g/mol. The summed E-state index contributed by atoms with van der Waals surface area (Å²) in [4.78, 5) is 9.10. The second-order valence-corrected chi connectivity index (χ2v) is 9.55. The molecule has 0 saturated carbocycles. The van der Waals surface area contributed by atoms with Crippen LogP contribution >= 0.6 is 11.3 Å². The van der Waals surface area contributed by atoms with Crippen LogP contribution in [-0.2, 0) is 10.0 Å². The molecule has 138 valence electrons. The number of fused-ring (bicyclic) bond motifs is 2. The molecular formula is C18H17N5O2S2. The summed E-state index contributed by atoms with van der Waals surface area (Å²) < 4.78 is 28.5. The fourth-order valence-electron chi connectivity index (χ4n) is 3.61. The maximum Gasteiger partial charge on any atom is 0.243 e. The van der Waals surface area contributed by atoms with E-state index in [1.165, 1.54) is 11.3 Å². The maximum atomic E-state index is 13.0. The quantitative estimate of drug-likeness (QED) is 0.571. The summed E-state index contributed by atoms with van der Waals surface area (Å²) in [5.74, 6) is 0.258. The smallest absolute Gasteiger partial charge is 0.243 e. The van der Waals surface area contributed by atoms with Gasteiger partial charge in [0.15, 0.2) is 0 Å². The molecule has 1 aliphatic rings. The molecule has 1 fully saturated rings. The van der Waals surface area contributed by atoms with Crippen LogP contribution in [0.3, 0.4) is 0 Å². The van der Waals surface area contributed by atoms with Crippen molar-refractivity contribution < 1.29 is 8.42 Å². The molecule has 0 unspecified atom stereocenters. The lowest BCUT2D eigenvalue weighted by Gasteiger charge is -2.31. The second-order valence-electron chi connectivity index (χ2n) is 6.73. The van der Waals surface area contributed by atoms with Crippen molar-refractivity contribution >= 4 is 42.5 Å². The van der Waals surface area contributed by atoms with Crippen LogP contribution in [0.1, 0.15) is 24.5 Å². The molecule has 3 aromatic heterocycles. The Bertz CT molecular complexity index is 1220. The van der Waals surface area contributed by atoms with Crippen LogP contribution in [0.4, 0.5) is 0 Å². The zero-order valence-corrected chi connectivity index (χ0v) is 16.0. The van der Waals surface area contributed by atoms with Gasteiger partial charge in [0.1, 0.15) is 0 Å². The molecule has 4 heterocycles. The minimum Gasteiger partial charge on any atom is -0.278 e. The van der Waals surface area contributed by atoms with Crippen LogP contribution in [0, 0.1) is 0 Å². The largest absolute Gasteiger partial charge is 0.278 e. The number of H-pyrrole nitrogens is 1. The van der Waals surface area contributed by atoms with Crippen LogP contribution in [0.5, 0.6) is 0 Å². The molecule has 1 N–H and O–H groups in total. The number of hydrogen-bond donors (Lipinski definition) is 1. The molecule has 7 nitrogen and oxygen atoms in total. The van der Waals surface area contributed by atoms with E-state index >= 15 is 0 Å². The Kier molecular flexibility index (Phi) is 3.96. The maximum absolute atomic E-state index is 13.0. The van der Waals surface area contributed by atoms with Crippen LogP contribution in [0.25, 0.3) is 21.1 Å². The van der Waals surface area contributed by atoms with Gasteiger partial charge >= 0.3 is 0 Å². The van der Waals surface area contributed by atoms with Gasteiger partial charge in [-0.2, -0.15) is 9.40 Å². The lowest BCUT2D eigenvalue weighted by atomic mass is 9.94. The minimum absolute atomic E-state index is 0.258. The average molecular weight is 400 g/mol. The lowest BCUT2D eigenvalue weighted by Crippen LogP contribution is -2.38. The van der Waals surface area contributed by atoms with E-state index in [-0.39, 0.29) is 5.92 Å². The molecule has 1 aliphatic heterocycles. The third-order valence-corrected chi connectivity index (χ3v) is 7.84. The predicted molar refractivity (Wildman–Crippen MR) is 104 cm³/mol. The third kappa shape index (κ3) is 2.91. The first-order valence-corrected chi connectivity index (χ1v) is 11.1. The number of nitrogens with one attached hydrogen (secondary N) is 1. The summed E-state index contributed by atoms with van der Waals surface area (Å²) in [7, 11) is -3.49. The molecule has 9 heteroatoms. The van der Waals surface area contributed by atoms with E-state index in [2.05, 4.69) is 20.2 Å². The van der Waals surface area contributed by atoms with E-state index in [0.29, 0.717) is 18.0 Å². The van der Waals surface area contributed by atoms with Crippen LogP contribution < -0.4 is 0 Å². The van der Waals surface area contributed by atoms with E-state index in [0.717, 1.165) is 39.7 Å². The van der Waals surface area contributed by atoms with Gasteiger partial charge in [-0.3, -0.25) is 10.1 Å². The summed E-state index contributed by atoms with van der Waals surface area (Å²) in [6.07, 6.45) is 5.09. The predicted octanol–water partition coefficient (Wildman–Crippen LogP) is 3.14. The van der Waals surface area contributed by atoms with Gasteiger partial charge in [0.05, 0.1) is 32.3 Å². The Labute approximate surface area is 160 Å². The van der Waals surface area contributed by atoms with Crippen LogP contribution in [0.2, 0.25) is 0 Å². The lowest BCUT2D eigenvalue weighted by molar-refractivity contribution is 0.317. The molecule has 1 aromatic carbocycles. The van der Waals surface area contributed by atoms with Crippen molar-refractivity contribution in [2.45, 2.75) is 23.7 Å². The minimum atomic E-state index is -3.49. The van der Waals surface area contributed by atoms with E-state index in [4.69, 9.17) is 0 Å². The third-order valence-electron chi connectivity index (χ3n) is 5.16. The Morgan fingerprint density at radius 1 is 1.11 bits per heavy atom. The van der Waals surface area contributed by atoms with Gasteiger partial charge in [-0.1, -0.05) is 0 Å². The fraction of sp³-hybridized carbons (Fsp3) is 0.278. The summed E-state index contributed by atoms with van der Waals surface area (Å²) >= 11 is 1.45. The molecule has 0 bridgehead atoms. The van der Waals surface area contributed by atoms with Crippen molar-refractivity contribution in [2.24, 2.45) is 0 Å². The molecule has 0 atom stereocenters. The van der Waals surface area contributed by atoms with Gasteiger partial charge in [-0.05, 0) is 37.1 Å². The number of aromatic amines is 1.